The van der Waals surface area contributed by atoms with Gasteiger partial charge in [-0.2, -0.15) is 0 Å². The molecule has 56 valence electrons. The standard InChI is InChI=1S/C6H6N4O/c7-2-1-3(11)5(9)6(10)4(2)8/h1,8-10H,7H2. The summed E-state index contributed by atoms with van der Waals surface area (Å²) in [7, 11) is 0. The van der Waals surface area contributed by atoms with Crippen LogP contribution in [0.2, 0.25) is 0 Å². The van der Waals surface area contributed by atoms with Crippen LogP contribution < -0.4 is 27.2 Å². The summed E-state index contributed by atoms with van der Waals surface area (Å²) in [5.41, 5.74) is 4.55. The molecule has 5 heteroatoms. The van der Waals surface area contributed by atoms with E-state index in [1.807, 2.05) is 0 Å². The van der Waals surface area contributed by atoms with Crippen LogP contribution in [-0.4, -0.2) is 0 Å². The Morgan fingerprint density at radius 1 is 1.09 bits per heavy atom. The number of benzene rings is 1. The number of nitrogens with two attached hydrogens (primary N) is 1. The molecule has 11 heavy (non-hydrogen) atoms. The van der Waals surface area contributed by atoms with Crippen LogP contribution in [0.15, 0.2) is 10.9 Å². The van der Waals surface area contributed by atoms with E-state index >= 15 is 0 Å². The van der Waals surface area contributed by atoms with Gasteiger partial charge in [0.2, 0.25) is 5.43 Å². The molecular weight excluding hydrogens is 144 g/mol. The fraction of sp³-hybridized carbons (Fsp3) is 0. The molecule has 0 atom stereocenters. The fourth-order valence-electron chi connectivity index (χ4n) is 0.678. The van der Waals surface area contributed by atoms with Crippen LogP contribution in [0.25, 0.3) is 0 Å². The van der Waals surface area contributed by atoms with Crippen LogP contribution in [0.1, 0.15) is 0 Å². The van der Waals surface area contributed by atoms with Crippen LogP contribution in [0.5, 0.6) is 0 Å². The van der Waals surface area contributed by atoms with E-state index < -0.39 is 16.1 Å². The molecule has 1 aromatic rings. The molecule has 5 nitrogen and oxygen atoms in total. The number of hydrogen-bond donors (Lipinski definition) is 4. The Hall–Kier alpha value is -1.78. The normalized spacial score (nSPS) is 9.82. The molecule has 0 amide bonds. The molecule has 0 aliphatic rings. The van der Waals surface area contributed by atoms with Crippen molar-refractivity contribution in [1.82, 2.24) is 0 Å². The zero-order valence-electron chi connectivity index (χ0n) is 5.56. The molecule has 1 rings (SSSR count). The van der Waals surface area contributed by atoms with Crippen molar-refractivity contribution < 1.29 is 0 Å². The van der Waals surface area contributed by atoms with E-state index in [1.165, 1.54) is 0 Å². The molecule has 0 saturated heterocycles. The van der Waals surface area contributed by atoms with Crippen molar-refractivity contribution in [3.05, 3.63) is 32.4 Å². The van der Waals surface area contributed by atoms with Crippen molar-refractivity contribution in [3.63, 3.8) is 0 Å². The van der Waals surface area contributed by atoms with Gasteiger partial charge in [0.15, 0.2) is 0 Å². The lowest BCUT2D eigenvalue weighted by atomic mass is 10.3. The first-order valence-electron chi connectivity index (χ1n) is 2.82. The van der Waals surface area contributed by atoms with Gasteiger partial charge in [-0.1, -0.05) is 0 Å². The first-order chi connectivity index (χ1) is 5.04. The molecule has 1 aromatic carbocycles. The number of rotatable bonds is 0. The molecule has 0 unspecified atom stereocenters. The molecule has 0 spiro atoms. The summed E-state index contributed by atoms with van der Waals surface area (Å²) in [5, 5.41) is 20.1. The average molecular weight is 150 g/mol. The van der Waals surface area contributed by atoms with Gasteiger partial charge in [-0.05, 0) is 0 Å². The molecule has 0 bridgehead atoms. The molecule has 0 aliphatic heterocycles. The molecule has 0 radical (unpaired) electrons. The number of hydrogen-bond acceptors (Lipinski definition) is 5. The first-order valence-corrected chi connectivity index (χ1v) is 2.82. The molecule has 0 heterocycles. The Morgan fingerprint density at radius 3 is 2.18 bits per heavy atom. The lowest BCUT2D eigenvalue weighted by Crippen LogP contribution is -2.47. The van der Waals surface area contributed by atoms with E-state index in [0.717, 1.165) is 6.07 Å². The van der Waals surface area contributed by atoms with Crippen LogP contribution in [0, 0.1) is 16.2 Å². The second-order valence-corrected chi connectivity index (χ2v) is 2.09. The third kappa shape index (κ3) is 0.958. The van der Waals surface area contributed by atoms with Crippen molar-refractivity contribution >= 4 is 5.69 Å². The van der Waals surface area contributed by atoms with E-state index in [-0.39, 0.29) is 11.0 Å². The summed E-state index contributed by atoms with van der Waals surface area (Å²) in [4.78, 5) is 10.7. The SMILES string of the molecule is N=c1c(N)cc(=O)c(=N)c1=N. The maximum Gasteiger partial charge on any atom is 0.207 e. The number of nitrogens with one attached hydrogen (secondary N) is 3. The maximum atomic E-state index is 10.7. The summed E-state index contributed by atoms with van der Waals surface area (Å²) in [6.07, 6.45) is 0. The van der Waals surface area contributed by atoms with Gasteiger partial charge in [0.05, 0.1) is 5.69 Å². The van der Waals surface area contributed by atoms with Crippen LogP contribution in [0.4, 0.5) is 5.69 Å². The van der Waals surface area contributed by atoms with E-state index in [9.17, 15) is 4.79 Å². The summed E-state index contributed by atoms with van der Waals surface area (Å²) < 4.78 is 0. The lowest BCUT2D eigenvalue weighted by Gasteiger charge is -1.88. The van der Waals surface area contributed by atoms with Gasteiger partial charge >= 0.3 is 0 Å². The van der Waals surface area contributed by atoms with Crippen molar-refractivity contribution in [2.45, 2.75) is 0 Å². The van der Waals surface area contributed by atoms with E-state index in [1.54, 1.807) is 0 Å². The quantitative estimate of drug-likeness (QED) is 0.318. The Labute approximate surface area is 61.0 Å². The van der Waals surface area contributed by atoms with Gasteiger partial charge in [0, 0.05) is 6.07 Å². The number of anilines is 1. The fourth-order valence-corrected chi connectivity index (χ4v) is 0.678. The molecule has 0 aromatic heterocycles. The Kier molecular flexibility index (Phi) is 1.41. The number of nitrogen functional groups attached to an aromatic ring is 1. The summed E-state index contributed by atoms with van der Waals surface area (Å²) in [6, 6.07) is 0.989. The van der Waals surface area contributed by atoms with Crippen molar-refractivity contribution in [1.29, 1.82) is 16.2 Å². The Morgan fingerprint density at radius 2 is 1.64 bits per heavy atom. The van der Waals surface area contributed by atoms with Crippen molar-refractivity contribution in [2.24, 2.45) is 0 Å². The van der Waals surface area contributed by atoms with Gasteiger partial charge in [-0.25, -0.2) is 0 Å². The van der Waals surface area contributed by atoms with Gasteiger partial charge in [0.25, 0.3) is 0 Å². The molecule has 0 fully saturated rings. The summed E-state index contributed by atoms with van der Waals surface area (Å²) in [6.45, 7) is 0. The largest absolute Gasteiger partial charge is 0.397 e. The van der Waals surface area contributed by atoms with E-state index in [4.69, 9.17) is 22.0 Å². The van der Waals surface area contributed by atoms with Crippen molar-refractivity contribution in [2.75, 3.05) is 5.73 Å². The highest BCUT2D eigenvalue weighted by Crippen LogP contribution is 1.75. The average Bonchev–Trinajstić information content (AvgIpc) is 1.97. The maximum absolute atomic E-state index is 10.7. The summed E-state index contributed by atoms with van der Waals surface area (Å²) in [5.74, 6) is 0. The topological polar surface area (TPSA) is 115 Å². The van der Waals surface area contributed by atoms with Crippen LogP contribution >= 0.6 is 0 Å². The molecule has 5 N–H and O–H groups in total. The summed E-state index contributed by atoms with van der Waals surface area (Å²) >= 11 is 0. The molecule has 0 aliphatic carbocycles. The highest BCUT2D eigenvalue weighted by atomic mass is 16.1. The Balaban J connectivity index is 4.06. The second-order valence-electron chi connectivity index (χ2n) is 2.09. The monoisotopic (exact) mass is 150 g/mol. The van der Waals surface area contributed by atoms with E-state index in [2.05, 4.69) is 0 Å². The third-order valence-electron chi connectivity index (χ3n) is 1.32. The minimum absolute atomic E-state index is 0.0454. The van der Waals surface area contributed by atoms with Gasteiger partial charge < -0.3 is 5.73 Å². The zero-order valence-corrected chi connectivity index (χ0v) is 5.56. The minimum Gasteiger partial charge on any atom is -0.397 e. The van der Waals surface area contributed by atoms with Gasteiger partial charge in [-0.15, -0.1) is 0 Å². The highest BCUT2D eigenvalue weighted by Gasteiger charge is 1.97. The molecular formula is C6H6N4O. The second kappa shape index (κ2) is 2.12. The third-order valence-corrected chi connectivity index (χ3v) is 1.32. The van der Waals surface area contributed by atoms with E-state index in [0.29, 0.717) is 0 Å². The van der Waals surface area contributed by atoms with Crippen LogP contribution in [0.3, 0.4) is 0 Å². The predicted molar refractivity (Wildman–Crippen MR) is 37.1 cm³/mol. The smallest absolute Gasteiger partial charge is 0.207 e. The lowest BCUT2D eigenvalue weighted by molar-refractivity contribution is 1.04. The minimum atomic E-state index is -0.608. The Bertz CT molecular complexity index is 481. The van der Waals surface area contributed by atoms with Gasteiger partial charge in [-0.3, -0.25) is 21.0 Å². The first kappa shape index (κ1) is 7.33. The molecule has 0 saturated carbocycles. The van der Waals surface area contributed by atoms with Crippen molar-refractivity contribution in [3.8, 4) is 0 Å². The van der Waals surface area contributed by atoms with Gasteiger partial charge in [0.1, 0.15) is 16.1 Å². The highest BCUT2D eigenvalue weighted by molar-refractivity contribution is 5.34. The zero-order chi connectivity index (χ0) is 8.59. The van der Waals surface area contributed by atoms with Crippen LogP contribution in [-0.2, 0) is 0 Å². The predicted octanol–water partition coefficient (Wildman–Crippen LogP) is -2.06.